The van der Waals surface area contributed by atoms with Gasteiger partial charge in [0.1, 0.15) is 5.56 Å². The molecule has 118 valence electrons. The molecule has 1 amide bonds. The number of benzene rings is 2. The Balaban J connectivity index is 2.52. The van der Waals surface area contributed by atoms with Crippen molar-refractivity contribution in [2.45, 2.75) is 0 Å². The van der Waals surface area contributed by atoms with Gasteiger partial charge < -0.3 is 15.5 Å². The fourth-order valence-electron chi connectivity index (χ4n) is 1.89. The third-order valence-corrected chi connectivity index (χ3v) is 3.12. The first-order valence-corrected chi connectivity index (χ1v) is 6.47. The SMILES string of the molecule is O=C(O)c1cccc([N+](=O)[O-])c1C(=O)Nc1cc(Cl)ccc1[O-]. The van der Waals surface area contributed by atoms with E-state index in [1.165, 1.54) is 6.07 Å². The summed E-state index contributed by atoms with van der Waals surface area (Å²) < 4.78 is 0. The number of hydrogen-bond acceptors (Lipinski definition) is 5. The van der Waals surface area contributed by atoms with E-state index in [1.54, 1.807) is 0 Å². The number of carbonyl (C=O) groups is 2. The normalized spacial score (nSPS) is 10.1. The molecular weight excluding hydrogens is 328 g/mol. The Bertz CT molecular complexity index is 789. The first-order valence-electron chi connectivity index (χ1n) is 6.10. The maximum absolute atomic E-state index is 12.3. The van der Waals surface area contributed by atoms with E-state index in [-0.39, 0.29) is 10.7 Å². The Morgan fingerprint density at radius 1 is 1.22 bits per heavy atom. The van der Waals surface area contributed by atoms with E-state index < -0.39 is 39.4 Å². The molecule has 0 aliphatic carbocycles. The number of hydrogen-bond donors (Lipinski definition) is 2. The predicted molar refractivity (Wildman–Crippen MR) is 78.9 cm³/mol. The summed E-state index contributed by atoms with van der Waals surface area (Å²) in [4.78, 5) is 33.6. The lowest BCUT2D eigenvalue weighted by Gasteiger charge is -2.15. The van der Waals surface area contributed by atoms with Crippen molar-refractivity contribution in [3.63, 3.8) is 0 Å². The van der Waals surface area contributed by atoms with Crippen molar-refractivity contribution < 1.29 is 24.7 Å². The summed E-state index contributed by atoms with van der Waals surface area (Å²) in [6, 6.07) is 6.79. The van der Waals surface area contributed by atoms with Crippen LogP contribution in [0.2, 0.25) is 5.02 Å². The highest BCUT2D eigenvalue weighted by atomic mass is 35.5. The molecule has 2 rings (SSSR count). The van der Waals surface area contributed by atoms with Gasteiger partial charge in [-0.1, -0.05) is 29.5 Å². The highest BCUT2D eigenvalue weighted by molar-refractivity contribution is 6.31. The molecule has 8 nitrogen and oxygen atoms in total. The molecule has 0 bridgehead atoms. The lowest BCUT2D eigenvalue weighted by molar-refractivity contribution is -0.385. The Labute approximate surface area is 134 Å². The Hall–Kier alpha value is -3.13. The molecule has 0 atom stereocenters. The summed E-state index contributed by atoms with van der Waals surface area (Å²) in [5, 5.41) is 34.1. The minimum Gasteiger partial charge on any atom is -0.871 e. The van der Waals surface area contributed by atoms with Crippen LogP contribution in [0.3, 0.4) is 0 Å². The topological polar surface area (TPSA) is 133 Å². The number of nitrogens with one attached hydrogen (secondary N) is 1. The van der Waals surface area contributed by atoms with Gasteiger partial charge in [0.25, 0.3) is 11.6 Å². The number of amides is 1. The summed E-state index contributed by atoms with van der Waals surface area (Å²) >= 11 is 5.72. The van der Waals surface area contributed by atoms with Crippen LogP contribution >= 0.6 is 11.6 Å². The summed E-state index contributed by atoms with van der Waals surface area (Å²) in [5.74, 6) is -3.17. The number of aromatic carboxylic acids is 1. The van der Waals surface area contributed by atoms with Gasteiger partial charge in [-0.15, -0.1) is 0 Å². The zero-order chi connectivity index (χ0) is 17.1. The first-order chi connectivity index (χ1) is 10.8. The van der Waals surface area contributed by atoms with E-state index in [0.717, 1.165) is 30.3 Å². The molecule has 0 heterocycles. The minimum absolute atomic E-state index is 0.168. The van der Waals surface area contributed by atoms with Gasteiger partial charge in [0.05, 0.1) is 10.5 Å². The standard InChI is InChI=1S/C14H9ClN2O6/c15-7-4-5-11(18)9(6-7)16-13(19)12-8(14(20)21)2-1-3-10(12)17(22)23/h1-6,18H,(H,16,19)(H,20,21)/p-1. The van der Waals surface area contributed by atoms with Gasteiger partial charge in [-0.25, -0.2) is 4.79 Å². The van der Waals surface area contributed by atoms with Crippen LogP contribution < -0.4 is 10.4 Å². The van der Waals surface area contributed by atoms with Crippen molar-refractivity contribution in [3.8, 4) is 5.75 Å². The van der Waals surface area contributed by atoms with E-state index in [4.69, 9.17) is 16.7 Å². The molecule has 0 saturated carbocycles. The van der Waals surface area contributed by atoms with Crippen molar-refractivity contribution in [3.05, 3.63) is 62.7 Å². The van der Waals surface area contributed by atoms with Crippen LogP contribution in [0.5, 0.6) is 5.75 Å². The number of anilines is 1. The van der Waals surface area contributed by atoms with Crippen LogP contribution in [-0.2, 0) is 0 Å². The molecule has 2 aromatic carbocycles. The number of carboxylic acids is 1. The van der Waals surface area contributed by atoms with Gasteiger partial charge >= 0.3 is 5.97 Å². The number of nitro benzene ring substituents is 1. The zero-order valence-corrected chi connectivity index (χ0v) is 12.0. The van der Waals surface area contributed by atoms with Crippen LogP contribution in [0.15, 0.2) is 36.4 Å². The predicted octanol–water partition coefficient (Wildman–Crippen LogP) is 2.27. The highest BCUT2D eigenvalue weighted by Crippen LogP contribution is 2.28. The highest BCUT2D eigenvalue weighted by Gasteiger charge is 2.27. The third-order valence-electron chi connectivity index (χ3n) is 2.89. The second-order valence-electron chi connectivity index (χ2n) is 4.36. The largest absolute Gasteiger partial charge is 0.871 e. The monoisotopic (exact) mass is 335 g/mol. The fourth-order valence-corrected chi connectivity index (χ4v) is 2.07. The van der Waals surface area contributed by atoms with Crippen molar-refractivity contribution in [1.29, 1.82) is 0 Å². The van der Waals surface area contributed by atoms with Crippen molar-refractivity contribution in [2.24, 2.45) is 0 Å². The molecule has 0 unspecified atom stereocenters. The molecule has 0 aliphatic rings. The number of nitrogens with zero attached hydrogens (tertiary/aromatic N) is 1. The van der Waals surface area contributed by atoms with E-state index in [9.17, 15) is 24.8 Å². The molecule has 0 fully saturated rings. The van der Waals surface area contributed by atoms with Gasteiger partial charge in [-0.2, -0.15) is 0 Å². The number of halogens is 1. The first kappa shape index (κ1) is 16.2. The molecule has 23 heavy (non-hydrogen) atoms. The molecule has 0 spiro atoms. The second-order valence-corrected chi connectivity index (χ2v) is 4.79. The second kappa shape index (κ2) is 6.32. The lowest BCUT2D eigenvalue weighted by Crippen LogP contribution is -2.19. The average Bonchev–Trinajstić information content (AvgIpc) is 2.49. The van der Waals surface area contributed by atoms with Crippen LogP contribution in [0.1, 0.15) is 20.7 Å². The van der Waals surface area contributed by atoms with Gasteiger partial charge in [-0.05, 0) is 18.2 Å². The number of carboxylic acid groups (broad SMARTS) is 1. The summed E-state index contributed by atoms with van der Waals surface area (Å²) in [5.41, 5.74) is -2.09. The van der Waals surface area contributed by atoms with Crippen LogP contribution in [0.25, 0.3) is 0 Å². The Kier molecular flexibility index (Phi) is 4.47. The van der Waals surface area contributed by atoms with Crippen molar-refractivity contribution in [2.75, 3.05) is 5.32 Å². The van der Waals surface area contributed by atoms with E-state index in [0.29, 0.717) is 0 Å². The number of nitro groups is 1. The van der Waals surface area contributed by atoms with E-state index in [1.807, 2.05) is 0 Å². The minimum atomic E-state index is -1.51. The molecule has 0 aliphatic heterocycles. The zero-order valence-electron chi connectivity index (χ0n) is 11.3. The average molecular weight is 336 g/mol. The van der Waals surface area contributed by atoms with E-state index >= 15 is 0 Å². The summed E-state index contributed by atoms with van der Waals surface area (Å²) in [6.07, 6.45) is 0. The van der Waals surface area contributed by atoms with Crippen LogP contribution in [-0.4, -0.2) is 21.9 Å². The Morgan fingerprint density at radius 2 is 1.91 bits per heavy atom. The quantitative estimate of drug-likeness (QED) is 0.650. The van der Waals surface area contributed by atoms with Gasteiger partial charge in [-0.3, -0.25) is 14.9 Å². The van der Waals surface area contributed by atoms with Crippen molar-refractivity contribution in [1.82, 2.24) is 0 Å². The molecule has 0 saturated heterocycles. The maximum atomic E-state index is 12.3. The summed E-state index contributed by atoms with van der Waals surface area (Å²) in [7, 11) is 0. The number of carbonyl (C=O) groups excluding carboxylic acids is 1. The summed E-state index contributed by atoms with van der Waals surface area (Å²) in [6.45, 7) is 0. The fraction of sp³-hybridized carbons (Fsp3) is 0. The maximum Gasteiger partial charge on any atom is 0.336 e. The van der Waals surface area contributed by atoms with Crippen LogP contribution in [0.4, 0.5) is 11.4 Å². The third kappa shape index (κ3) is 3.38. The van der Waals surface area contributed by atoms with Gasteiger partial charge in [0, 0.05) is 16.8 Å². The lowest BCUT2D eigenvalue weighted by atomic mass is 10.0. The van der Waals surface area contributed by atoms with Gasteiger partial charge in [0.2, 0.25) is 0 Å². The number of rotatable bonds is 4. The molecule has 2 N–H and O–H groups in total. The molecule has 0 aromatic heterocycles. The molecule has 9 heteroatoms. The van der Waals surface area contributed by atoms with Crippen molar-refractivity contribution >= 4 is 34.9 Å². The van der Waals surface area contributed by atoms with E-state index in [2.05, 4.69) is 5.32 Å². The molecule has 0 radical (unpaired) electrons. The molecular formula is C14H8ClN2O6-. The smallest absolute Gasteiger partial charge is 0.336 e. The van der Waals surface area contributed by atoms with Gasteiger partial charge in [0.15, 0.2) is 0 Å². The molecule has 2 aromatic rings. The van der Waals surface area contributed by atoms with Crippen LogP contribution in [0, 0.1) is 10.1 Å². The Morgan fingerprint density at radius 3 is 2.52 bits per heavy atom.